The summed E-state index contributed by atoms with van der Waals surface area (Å²) in [6.45, 7) is 0.518. The highest BCUT2D eigenvalue weighted by atomic mass is 32.1. The van der Waals surface area contributed by atoms with Gasteiger partial charge in [0.2, 0.25) is 0 Å². The van der Waals surface area contributed by atoms with Crippen LogP contribution in [0.3, 0.4) is 0 Å². The summed E-state index contributed by atoms with van der Waals surface area (Å²) < 4.78 is 10.6. The first kappa shape index (κ1) is 9.98. The molecule has 0 radical (unpaired) electrons. The van der Waals surface area contributed by atoms with Crippen molar-refractivity contribution in [1.82, 2.24) is 4.98 Å². The van der Waals surface area contributed by atoms with Crippen LogP contribution in [0.1, 0.15) is 5.01 Å². The van der Waals surface area contributed by atoms with E-state index < -0.39 is 0 Å². The number of nitrogens with zero attached hydrogens (tertiary/aromatic N) is 1. The summed E-state index contributed by atoms with van der Waals surface area (Å²) in [7, 11) is 1.64. The zero-order valence-electron chi connectivity index (χ0n) is 8.34. The lowest BCUT2D eigenvalue weighted by molar-refractivity contribution is 0.305. The van der Waals surface area contributed by atoms with Gasteiger partial charge in [-0.25, -0.2) is 4.98 Å². The topological polar surface area (TPSA) is 31.4 Å². The fourth-order valence-electron chi connectivity index (χ4n) is 1.14. The third-order valence-electron chi connectivity index (χ3n) is 1.91. The monoisotopic (exact) mass is 221 g/mol. The lowest BCUT2D eigenvalue weighted by atomic mass is 10.3. The Morgan fingerprint density at radius 2 is 1.93 bits per heavy atom. The van der Waals surface area contributed by atoms with Crippen LogP contribution < -0.4 is 9.47 Å². The third-order valence-corrected chi connectivity index (χ3v) is 2.66. The van der Waals surface area contributed by atoms with Crippen molar-refractivity contribution in [3.8, 4) is 11.5 Å². The van der Waals surface area contributed by atoms with Gasteiger partial charge in [0.25, 0.3) is 0 Å². The number of benzene rings is 1. The van der Waals surface area contributed by atoms with Crippen molar-refractivity contribution >= 4 is 11.3 Å². The average molecular weight is 221 g/mol. The van der Waals surface area contributed by atoms with Crippen molar-refractivity contribution in [3.05, 3.63) is 40.8 Å². The fourth-order valence-corrected chi connectivity index (χ4v) is 1.67. The van der Waals surface area contributed by atoms with Crippen molar-refractivity contribution in [2.24, 2.45) is 0 Å². The first-order valence-electron chi connectivity index (χ1n) is 4.54. The van der Waals surface area contributed by atoms with E-state index in [0.717, 1.165) is 16.5 Å². The van der Waals surface area contributed by atoms with Gasteiger partial charge in [0.15, 0.2) is 0 Å². The molecule has 0 saturated carbocycles. The van der Waals surface area contributed by atoms with Gasteiger partial charge >= 0.3 is 0 Å². The van der Waals surface area contributed by atoms with Gasteiger partial charge in [0.05, 0.1) is 7.11 Å². The maximum atomic E-state index is 5.54. The van der Waals surface area contributed by atoms with Crippen molar-refractivity contribution in [1.29, 1.82) is 0 Å². The summed E-state index contributed by atoms with van der Waals surface area (Å²) in [4.78, 5) is 4.13. The number of rotatable bonds is 4. The van der Waals surface area contributed by atoms with Gasteiger partial charge in [-0.2, -0.15) is 0 Å². The third kappa shape index (κ3) is 2.70. The molecule has 0 amide bonds. The van der Waals surface area contributed by atoms with Gasteiger partial charge in [-0.1, -0.05) is 0 Å². The number of thiazole rings is 1. The molecule has 2 aromatic rings. The lowest BCUT2D eigenvalue weighted by Gasteiger charge is -2.04. The minimum atomic E-state index is 0.518. The van der Waals surface area contributed by atoms with E-state index in [1.165, 1.54) is 0 Å². The quantitative estimate of drug-likeness (QED) is 0.795. The van der Waals surface area contributed by atoms with Crippen LogP contribution in [0, 0.1) is 0 Å². The molecule has 2 rings (SSSR count). The van der Waals surface area contributed by atoms with Crippen LogP contribution in [0.2, 0.25) is 0 Å². The van der Waals surface area contributed by atoms with Crippen LogP contribution in [0.25, 0.3) is 0 Å². The summed E-state index contributed by atoms with van der Waals surface area (Å²) in [5.41, 5.74) is 0. The van der Waals surface area contributed by atoms with E-state index in [2.05, 4.69) is 4.98 Å². The summed E-state index contributed by atoms with van der Waals surface area (Å²) in [6.07, 6.45) is 1.78. The molecule has 4 heteroatoms. The molecule has 1 aromatic carbocycles. The first-order valence-corrected chi connectivity index (χ1v) is 5.41. The Bertz CT molecular complexity index is 397. The van der Waals surface area contributed by atoms with E-state index >= 15 is 0 Å². The van der Waals surface area contributed by atoms with Crippen molar-refractivity contribution in [2.75, 3.05) is 7.11 Å². The highest BCUT2D eigenvalue weighted by Crippen LogP contribution is 2.18. The summed E-state index contributed by atoms with van der Waals surface area (Å²) in [6, 6.07) is 7.51. The first-order chi connectivity index (χ1) is 7.38. The number of hydrogen-bond acceptors (Lipinski definition) is 4. The molecule has 0 unspecified atom stereocenters. The maximum absolute atomic E-state index is 5.54. The van der Waals surface area contributed by atoms with Crippen molar-refractivity contribution in [3.63, 3.8) is 0 Å². The summed E-state index contributed by atoms with van der Waals surface area (Å²) in [5, 5.41) is 2.91. The molecule has 0 bridgehead atoms. The molecule has 0 fully saturated rings. The van der Waals surface area contributed by atoms with Crippen LogP contribution in [-0.2, 0) is 6.61 Å². The molecular weight excluding hydrogens is 210 g/mol. The molecule has 3 nitrogen and oxygen atoms in total. The Labute approximate surface area is 92.3 Å². The van der Waals surface area contributed by atoms with Crippen molar-refractivity contribution in [2.45, 2.75) is 6.61 Å². The molecule has 0 saturated heterocycles. The number of ether oxygens (including phenoxy) is 2. The molecule has 0 atom stereocenters. The molecule has 0 spiro atoms. The van der Waals surface area contributed by atoms with E-state index in [9.17, 15) is 0 Å². The molecule has 0 N–H and O–H groups in total. The zero-order valence-corrected chi connectivity index (χ0v) is 9.16. The molecule has 15 heavy (non-hydrogen) atoms. The second kappa shape index (κ2) is 4.79. The smallest absolute Gasteiger partial charge is 0.140 e. The lowest BCUT2D eigenvalue weighted by Crippen LogP contribution is -1.94. The molecule has 0 aliphatic carbocycles. The minimum absolute atomic E-state index is 0.518. The van der Waals surface area contributed by atoms with Crippen LogP contribution in [0.15, 0.2) is 35.8 Å². The molecular formula is C11H11NO2S. The molecule has 0 aliphatic rings. The second-order valence-electron chi connectivity index (χ2n) is 2.89. The fraction of sp³-hybridized carbons (Fsp3) is 0.182. The Kier molecular flexibility index (Phi) is 3.19. The Morgan fingerprint density at radius 3 is 2.53 bits per heavy atom. The highest BCUT2D eigenvalue weighted by Gasteiger charge is 1.98. The van der Waals surface area contributed by atoms with E-state index in [0.29, 0.717) is 6.61 Å². The van der Waals surface area contributed by atoms with Crippen molar-refractivity contribution < 1.29 is 9.47 Å². The second-order valence-corrected chi connectivity index (χ2v) is 3.87. The highest BCUT2D eigenvalue weighted by molar-refractivity contribution is 7.09. The summed E-state index contributed by atoms with van der Waals surface area (Å²) >= 11 is 1.59. The minimum Gasteiger partial charge on any atom is -0.497 e. The Morgan fingerprint density at radius 1 is 1.20 bits per heavy atom. The van der Waals surface area contributed by atoms with Crippen LogP contribution in [0.5, 0.6) is 11.5 Å². The molecule has 78 valence electrons. The van der Waals surface area contributed by atoms with E-state index in [1.807, 2.05) is 29.6 Å². The predicted molar refractivity (Wildman–Crippen MR) is 59.4 cm³/mol. The molecule has 1 aromatic heterocycles. The zero-order chi connectivity index (χ0) is 10.5. The number of hydrogen-bond donors (Lipinski definition) is 0. The van der Waals surface area contributed by atoms with Gasteiger partial charge < -0.3 is 9.47 Å². The van der Waals surface area contributed by atoms with E-state index in [-0.39, 0.29) is 0 Å². The normalized spacial score (nSPS) is 9.93. The van der Waals surface area contributed by atoms with Gasteiger partial charge in [-0.3, -0.25) is 0 Å². The average Bonchev–Trinajstić information content (AvgIpc) is 2.80. The Hall–Kier alpha value is -1.55. The van der Waals surface area contributed by atoms with E-state index in [4.69, 9.17) is 9.47 Å². The maximum Gasteiger partial charge on any atom is 0.140 e. The number of methoxy groups -OCH3 is 1. The van der Waals surface area contributed by atoms with Gasteiger partial charge in [-0.05, 0) is 24.3 Å². The SMILES string of the molecule is COc1ccc(OCc2nccs2)cc1. The molecule has 0 aliphatic heterocycles. The standard InChI is InChI=1S/C11H11NO2S/c1-13-9-2-4-10(5-3-9)14-8-11-12-6-7-15-11/h2-7H,8H2,1H3. The van der Waals surface area contributed by atoms with Crippen LogP contribution in [0.4, 0.5) is 0 Å². The largest absolute Gasteiger partial charge is 0.497 e. The van der Waals surface area contributed by atoms with Gasteiger partial charge in [0.1, 0.15) is 23.1 Å². The van der Waals surface area contributed by atoms with Crippen LogP contribution >= 0.6 is 11.3 Å². The van der Waals surface area contributed by atoms with E-state index in [1.54, 1.807) is 24.6 Å². The number of aromatic nitrogens is 1. The summed E-state index contributed by atoms with van der Waals surface area (Å²) in [5.74, 6) is 1.66. The Balaban J connectivity index is 1.93. The van der Waals surface area contributed by atoms with Gasteiger partial charge in [0, 0.05) is 11.6 Å². The van der Waals surface area contributed by atoms with Gasteiger partial charge in [-0.15, -0.1) is 11.3 Å². The van der Waals surface area contributed by atoms with Crippen LogP contribution in [-0.4, -0.2) is 12.1 Å². The molecule has 1 heterocycles. The predicted octanol–water partition coefficient (Wildman–Crippen LogP) is 2.73.